The van der Waals surface area contributed by atoms with Crippen molar-refractivity contribution in [1.29, 1.82) is 0 Å². The number of carboxylic acid groups (broad SMARTS) is 1. The summed E-state index contributed by atoms with van der Waals surface area (Å²) in [5.41, 5.74) is 3.14. The van der Waals surface area contributed by atoms with Crippen molar-refractivity contribution in [2.45, 2.75) is 31.9 Å². The number of carbonyl (C=O) groups is 2. The van der Waals surface area contributed by atoms with E-state index in [9.17, 15) is 22.8 Å². The highest BCUT2D eigenvalue weighted by Crippen LogP contribution is 2.45. The highest BCUT2D eigenvalue weighted by molar-refractivity contribution is 6.01. The summed E-state index contributed by atoms with van der Waals surface area (Å²) in [5, 5.41) is 8.87. The van der Waals surface area contributed by atoms with Crippen LogP contribution in [0, 0.1) is 11.3 Å². The molecule has 0 saturated heterocycles. The lowest BCUT2D eigenvalue weighted by Gasteiger charge is -2.34. The van der Waals surface area contributed by atoms with E-state index < -0.39 is 29.4 Å². The first-order chi connectivity index (χ1) is 7.20. The van der Waals surface area contributed by atoms with Gasteiger partial charge in [0.15, 0.2) is 0 Å². The van der Waals surface area contributed by atoms with E-state index in [1.54, 1.807) is 0 Å². The van der Waals surface area contributed by atoms with E-state index >= 15 is 0 Å². The quantitative estimate of drug-likeness (QED) is 0.712. The van der Waals surface area contributed by atoms with E-state index in [2.05, 4.69) is 0 Å². The first-order valence-corrected chi connectivity index (χ1v) is 4.80. The Hall–Kier alpha value is -1.27. The molecule has 1 rings (SSSR count). The predicted molar refractivity (Wildman–Crippen MR) is 47.3 cm³/mol. The van der Waals surface area contributed by atoms with Crippen LogP contribution >= 0.6 is 0 Å². The van der Waals surface area contributed by atoms with Crippen molar-refractivity contribution < 1.29 is 27.9 Å². The Labute approximate surface area is 89.6 Å². The number of hydrogen-bond donors (Lipinski definition) is 2. The second-order valence-corrected chi connectivity index (χ2v) is 4.07. The summed E-state index contributed by atoms with van der Waals surface area (Å²) in [6.45, 7) is 0. The summed E-state index contributed by atoms with van der Waals surface area (Å²) in [7, 11) is 0. The SMILES string of the molecule is NC(=O)C1(C(=O)O)CCC(C(F)(F)F)CC1. The number of carboxylic acids is 1. The van der Waals surface area contributed by atoms with Crippen LogP contribution in [0.3, 0.4) is 0 Å². The third kappa shape index (κ3) is 2.12. The summed E-state index contributed by atoms with van der Waals surface area (Å²) < 4.78 is 37.0. The van der Waals surface area contributed by atoms with Gasteiger partial charge in [-0.15, -0.1) is 0 Å². The van der Waals surface area contributed by atoms with E-state index in [1.165, 1.54) is 0 Å². The number of primary amides is 1. The van der Waals surface area contributed by atoms with Crippen LogP contribution < -0.4 is 5.73 Å². The first-order valence-electron chi connectivity index (χ1n) is 4.80. The highest BCUT2D eigenvalue weighted by atomic mass is 19.4. The second kappa shape index (κ2) is 3.95. The minimum Gasteiger partial charge on any atom is -0.480 e. The maximum Gasteiger partial charge on any atom is 0.391 e. The Balaban J connectivity index is 2.79. The molecular weight excluding hydrogens is 227 g/mol. The van der Waals surface area contributed by atoms with Gasteiger partial charge in [-0.1, -0.05) is 0 Å². The van der Waals surface area contributed by atoms with Gasteiger partial charge in [0.25, 0.3) is 0 Å². The van der Waals surface area contributed by atoms with Gasteiger partial charge in [-0.3, -0.25) is 9.59 Å². The lowest BCUT2D eigenvalue weighted by Crippen LogP contribution is -2.47. The van der Waals surface area contributed by atoms with Gasteiger partial charge >= 0.3 is 12.1 Å². The molecule has 1 aliphatic carbocycles. The van der Waals surface area contributed by atoms with Crippen LogP contribution in [0.25, 0.3) is 0 Å². The van der Waals surface area contributed by atoms with Gasteiger partial charge < -0.3 is 10.8 Å². The zero-order valence-corrected chi connectivity index (χ0v) is 8.38. The molecule has 1 fully saturated rings. The summed E-state index contributed by atoms with van der Waals surface area (Å²) >= 11 is 0. The predicted octanol–water partition coefficient (Wildman–Crippen LogP) is 1.30. The number of amides is 1. The van der Waals surface area contributed by atoms with E-state index in [1.807, 2.05) is 0 Å². The smallest absolute Gasteiger partial charge is 0.391 e. The maximum atomic E-state index is 12.3. The van der Waals surface area contributed by atoms with E-state index in [0.29, 0.717) is 0 Å². The van der Waals surface area contributed by atoms with Crippen LogP contribution in [0.2, 0.25) is 0 Å². The van der Waals surface area contributed by atoms with Crippen LogP contribution in [-0.2, 0) is 9.59 Å². The Morgan fingerprint density at radius 2 is 1.69 bits per heavy atom. The summed E-state index contributed by atoms with van der Waals surface area (Å²) in [5.74, 6) is -4.01. The Bertz CT molecular complexity index is 290. The number of carbonyl (C=O) groups excluding carboxylic acids is 1. The molecule has 0 heterocycles. The van der Waals surface area contributed by atoms with Gasteiger partial charge in [-0.25, -0.2) is 0 Å². The third-order valence-corrected chi connectivity index (χ3v) is 3.18. The molecule has 0 unspecified atom stereocenters. The molecule has 0 bridgehead atoms. The minimum absolute atomic E-state index is 0.345. The van der Waals surface area contributed by atoms with Crippen molar-refractivity contribution in [3.63, 3.8) is 0 Å². The normalized spacial score (nSPS) is 31.1. The number of alkyl halides is 3. The van der Waals surface area contributed by atoms with Gasteiger partial charge in [-0.05, 0) is 25.7 Å². The van der Waals surface area contributed by atoms with Crippen LogP contribution in [0.15, 0.2) is 0 Å². The molecule has 0 atom stereocenters. The van der Waals surface area contributed by atoms with Gasteiger partial charge in [-0.2, -0.15) is 13.2 Å². The number of rotatable bonds is 2. The van der Waals surface area contributed by atoms with Gasteiger partial charge in [0.2, 0.25) is 5.91 Å². The van der Waals surface area contributed by atoms with Gasteiger partial charge in [0.05, 0.1) is 5.92 Å². The van der Waals surface area contributed by atoms with Gasteiger partial charge in [0.1, 0.15) is 5.41 Å². The third-order valence-electron chi connectivity index (χ3n) is 3.18. The Morgan fingerprint density at radius 3 is 1.94 bits per heavy atom. The van der Waals surface area contributed by atoms with Crippen LogP contribution in [0.5, 0.6) is 0 Å². The molecule has 0 spiro atoms. The molecule has 1 aliphatic rings. The number of halogens is 3. The lowest BCUT2D eigenvalue weighted by molar-refractivity contribution is -0.192. The zero-order valence-electron chi connectivity index (χ0n) is 8.38. The van der Waals surface area contributed by atoms with Crippen LogP contribution in [0.4, 0.5) is 13.2 Å². The fourth-order valence-electron chi connectivity index (χ4n) is 2.00. The highest BCUT2D eigenvalue weighted by Gasteiger charge is 2.52. The van der Waals surface area contributed by atoms with Crippen molar-refractivity contribution in [2.75, 3.05) is 0 Å². The summed E-state index contributed by atoms with van der Waals surface area (Å²) in [6.07, 6.45) is -5.75. The molecule has 0 aliphatic heterocycles. The summed E-state index contributed by atoms with van der Waals surface area (Å²) in [4.78, 5) is 21.9. The van der Waals surface area contributed by atoms with Crippen LogP contribution in [-0.4, -0.2) is 23.2 Å². The van der Waals surface area contributed by atoms with Crippen molar-refractivity contribution in [3.05, 3.63) is 0 Å². The molecule has 3 N–H and O–H groups in total. The van der Waals surface area contributed by atoms with Crippen molar-refractivity contribution >= 4 is 11.9 Å². The largest absolute Gasteiger partial charge is 0.480 e. The molecule has 0 aromatic rings. The summed E-state index contributed by atoms with van der Waals surface area (Å²) in [6, 6.07) is 0. The standard InChI is InChI=1S/C9H12F3NO3/c10-9(11,12)5-1-3-8(4-2-5,6(13)14)7(15)16/h5H,1-4H2,(H2,13,14)(H,15,16). The molecule has 16 heavy (non-hydrogen) atoms. The average molecular weight is 239 g/mol. The lowest BCUT2D eigenvalue weighted by atomic mass is 9.70. The fraction of sp³-hybridized carbons (Fsp3) is 0.778. The first kappa shape index (κ1) is 12.8. The second-order valence-electron chi connectivity index (χ2n) is 4.07. The molecule has 7 heteroatoms. The fourth-order valence-corrected chi connectivity index (χ4v) is 2.00. The molecule has 1 amide bonds. The van der Waals surface area contributed by atoms with Crippen LogP contribution in [0.1, 0.15) is 25.7 Å². The Kier molecular flexibility index (Phi) is 3.16. The molecular formula is C9H12F3NO3. The van der Waals surface area contributed by atoms with Crippen molar-refractivity contribution in [2.24, 2.45) is 17.1 Å². The molecule has 0 aromatic carbocycles. The van der Waals surface area contributed by atoms with Crippen molar-refractivity contribution in [1.82, 2.24) is 0 Å². The zero-order chi connectivity index (χ0) is 12.6. The number of aliphatic carboxylic acids is 1. The van der Waals surface area contributed by atoms with E-state index in [0.717, 1.165) is 0 Å². The topological polar surface area (TPSA) is 80.4 Å². The number of hydrogen-bond acceptors (Lipinski definition) is 2. The Morgan fingerprint density at radius 1 is 1.25 bits per heavy atom. The maximum absolute atomic E-state index is 12.3. The molecule has 0 aromatic heterocycles. The molecule has 4 nitrogen and oxygen atoms in total. The molecule has 1 saturated carbocycles. The van der Waals surface area contributed by atoms with E-state index in [-0.39, 0.29) is 25.7 Å². The monoisotopic (exact) mass is 239 g/mol. The van der Waals surface area contributed by atoms with Crippen molar-refractivity contribution in [3.8, 4) is 0 Å². The number of nitrogens with two attached hydrogens (primary N) is 1. The molecule has 92 valence electrons. The van der Waals surface area contributed by atoms with Gasteiger partial charge in [0, 0.05) is 0 Å². The van der Waals surface area contributed by atoms with E-state index in [4.69, 9.17) is 10.8 Å². The molecule has 0 radical (unpaired) electrons. The minimum atomic E-state index is -4.33. The average Bonchev–Trinajstić information content (AvgIpc) is 2.15.